The molecule has 2 aromatic rings. The van der Waals surface area contributed by atoms with Gasteiger partial charge in [-0.1, -0.05) is 11.6 Å². The molecule has 20 heavy (non-hydrogen) atoms. The van der Waals surface area contributed by atoms with Gasteiger partial charge in [0.05, 0.1) is 24.6 Å². The summed E-state index contributed by atoms with van der Waals surface area (Å²) in [4.78, 5) is 15.5. The van der Waals surface area contributed by atoms with Gasteiger partial charge >= 0.3 is 5.97 Å². The smallest absolute Gasteiger partial charge is 0.340 e. The standard InChI is InChI=1S/C14H13ClN2O3/c1-8-5-9(3-4-11(8)15)20-13-6-10(14(18)19-2)12(16)7-17-13/h3-7H,16H2,1-2H3. The molecule has 0 radical (unpaired) electrons. The number of hydrogen-bond donors (Lipinski definition) is 1. The van der Waals surface area contributed by atoms with Crippen molar-refractivity contribution in [3.05, 3.63) is 46.6 Å². The number of ether oxygens (including phenoxy) is 2. The number of methoxy groups -OCH3 is 1. The van der Waals surface area contributed by atoms with Crippen molar-refractivity contribution >= 4 is 23.3 Å². The average Bonchev–Trinajstić information content (AvgIpc) is 2.44. The summed E-state index contributed by atoms with van der Waals surface area (Å²) in [6.07, 6.45) is 1.35. The number of anilines is 1. The highest BCUT2D eigenvalue weighted by atomic mass is 35.5. The molecule has 2 N–H and O–H groups in total. The van der Waals surface area contributed by atoms with E-state index in [0.717, 1.165) is 5.56 Å². The summed E-state index contributed by atoms with van der Waals surface area (Å²) in [5.41, 5.74) is 6.99. The summed E-state index contributed by atoms with van der Waals surface area (Å²) in [6.45, 7) is 1.87. The predicted molar refractivity (Wildman–Crippen MR) is 76.3 cm³/mol. The zero-order valence-electron chi connectivity index (χ0n) is 11.0. The largest absolute Gasteiger partial charge is 0.465 e. The number of carbonyl (C=O) groups is 1. The van der Waals surface area contributed by atoms with Crippen molar-refractivity contribution in [1.82, 2.24) is 4.98 Å². The van der Waals surface area contributed by atoms with E-state index in [-0.39, 0.29) is 17.1 Å². The van der Waals surface area contributed by atoms with Gasteiger partial charge in [0.2, 0.25) is 5.88 Å². The number of nitrogens with two attached hydrogens (primary N) is 1. The first-order chi connectivity index (χ1) is 9.51. The summed E-state index contributed by atoms with van der Waals surface area (Å²) >= 11 is 5.94. The third-order valence-electron chi connectivity index (χ3n) is 2.67. The topological polar surface area (TPSA) is 74.4 Å². The molecule has 0 saturated carbocycles. The maximum Gasteiger partial charge on any atom is 0.340 e. The molecular formula is C14H13ClN2O3. The minimum atomic E-state index is -0.540. The second-order valence-electron chi connectivity index (χ2n) is 4.11. The SMILES string of the molecule is COC(=O)c1cc(Oc2ccc(Cl)c(C)c2)ncc1N. The lowest BCUT2D eigenvalue weighted by atomic mass is 10.2. The maximum absolute atomic E-state index is 11.5. The van der Waals surface area contributed by atoms with Gasteiger partial charge in [-0.15, -0.1) is 0 Å². The van der Waals surface area contributed by atoms with E-state index < -0.39 is 5.97 Å². The molecule has 0 spiro atoms. The molecule has 1 heterocycles. The van der Waals surface area contributed by atoms with Crippen LogP contribution in [-0.4, -0.2) is 18.1 Å². The molecule has 0 aliphatic heterocycles. The van der Waals surface area contributed by atoms with E-state index in [4.69, 9.17) is 22.1 Å². The Labute approximate surface area is 121 Å². The van der Waals surface area contributed by atoms with Crippen molar-refractivity contribution in [2.75, 3.05) is 12.8 Å². The van der Waals surface area contributed by atoms with E-state index in [1.165, 1.54) is 19.4 Å². The Bertz CT molecular complexity index is 659. The van der Waals surface area contributed by atoms with Gasteiger partial charge in [0.1, 0.15) is 5.75 Å². The van der Waals surface area contributed by atoms with Crippen LogP contribution in [0.3, 0.4) is 0 Å². The van der Waals surface area contributed by atoms with E-state index in [2.05, 4.69) is 9.72 Å². The minimum absolute atomic E-state index is 0.211. The van der Waals surface area contributed by atoms with E-state index in [1.54, 1.807) is 18.2 Å². The van der Waals surface area contributed by atoms with Crippen LogP contribution < -0.4 is 10.5 Å². The lowest BCUT2D eigenvalue weighted by molar-refractivity contribution is 0.0601. The first-order valence-corrected chi connectivity index (χ1v) is 6.17. The number of nitrogen functional groups attached to an aromatic ring is 1. The lowest BCUT2D eigenvalue weighted by Crippen LogP contribution is -2.06. The van der Waals surface area contributed by atoms with Crippen LogP contribution in [0.25, 0.3) is 0 Å². The number of benzene rings is 1. The van der Waals surface area contributed by atoms with Gasteiger partial charge in [-0.25, -0.2) is 9.78 Å². The molecule has 104 valence electrons. The Kier molecular flexibility index (Phi) is 4.10. The molecule has 0 bridgehead atoms. The number of carbonyl (C=O) groups excluding carboxylic acids is 1. The van der Waals surface area contributed by atoms with Crippen LogP contribution in [0.1, 0.15) is 15.9 Å². The molecule has 1 aromatic heterocycles. The number of aryl methyl sites for hydroxylation is 1. The molecule has 2 rings (SSSR count). The quantitative estimate of drug-likeness (QED) is 0.879. The summed E-state index contributed by atoms with van der Waals surface area (Å²) in [7, 11) is 1.28. The summed E-state index contributed by atoms with van der Waals surface area (Å²) in [5, 5.41) is 0.651. The van der Waals surface area contributed by atoms with Crippen molar-refractivity contribution in [2.45, 2.75) is 6.92 Å². The Hall–Kier alpha value is -2.27. The number of pyridine rings is 1. The third-order valence-corrected chi connectivity index (χ3v) is 3.09. The maximum atomic E-state index is 11.5. The normalized spacial score (nSPS) is 10.2. The first-order valence-electron chi connectivity index (χ1n) is 5.79. The highest BCUT2D eigenvalue weighted by Gasteiger charge is 2.12. The molecule has 0 amide bonds. The molecule has 0 aliphatic rings. The van der Waals surface area contributed by atoms with Crippen LogP contribution in [0, 0.1) is 6.92 Å². The number of aromatic nitrogens is 1. The second-order valence-corrected chi connectivity index (χ2v) is 4.52. The van der Waals surface area contributed by atoms with Crippen molar-refractivity contribution in [3.8, 4) is 11.6 Å². The van der Waals surface area contributed by atoms with E-state index in [9.17, 15) is 4.79 Å². The van der Waals surface area contributed by atoms with Gasteiger partial charge in [-0.3, -0.25) is 0 Å². The highest BCUT2D eigenvalue weighted by molar-refractivity contribution is 6.31. The van der Waals surface area contributed by atoms with Crippen molar-refractivity contribution in [2.24, 2.45) is 0 Å². The summed E-state index contributed by atoms with van der Waals surface area (Å²) < 4.78 is 10.2. The van der Waals surface area contributed by atoms with Gasteiger partial charge < -0.3 is 15.2 Å². The molecular weight excluding hydrogens is 280 g/mol. The highest BCUT2D eigenvalue weighted by Crippen LogP contribution is 2.26. The van der Waals surface area contributed by atoms with Gasteiger partial charge in [0.25, 0.3) is 0 Å². The van der Waals surface area contributed by atoms with Crippen LogP contribution in [0.15, 0.2) is 30.5 Å². The summed E-state index contributed by atoms with van der Waals surface area (Å²) in [5.74, 6) is 0.281. The Morgan fingerprint density at radius 3 is 2.75 bits per heavy atom. The monoisotopic (exact) mass is 292 g/mol. The fraction of sp³-hybridized carbons (Fsp3) is 0.143. The van der Waals surface area contributed by atoms with Crippen molar-refractivity contribution in [1.29, 1.82) is 0 Å². The molecule has 0 fully saturated rings. The van der Waals surface area contributed by atoms with Crippen LogP contribution in [0.2, 0.25) is 5.02 Å². The van der Waals surface area contributed by atoms with Gasteiger partial charge in [-0.05, 0) is 30.7 Å². The number of halogens is 1. The zero-order valence-corrected chi connectivity index (χ0v) is 11.8. The lowest BCUT2D eigenvalue weighted by Gasteiger charge is -2.09. The molecule has 5 nitrogen and oxygen atoms in total. The van der Waals surface area contributed by atoms with Crippen LogP contribution in [0.4, 0.5) is 5.69 Å². The molecule has 6 heteroatoms. The minimum Gasteiger partial charge on any atom is -0.465 e. The Balaban J connectivity index is 2.29. The second kappa shape index (κ2) is 5.79. The zero-order chi connectivity index (χ0) is 14.7. The average molecular weight is 293 g/mol. The molecule has 1 aromatic carbocycles. The van der Waals surface area contributed by atoms with Crippen LogP contribution in [-0.2, 0) is 4.74 Å². The third kappa shape index (κ3) is 3.00. The van der Waals surface area contributed by atoms with E-state index in [1.807, 2.05) is 6.92 Å². The summed E-state index contributed by atoms with van der Waals surface area (Å²) in [6, 6.07) is 6.65. The molecule has 0 saturated heterocycles. The molecule has 0 aliphatic carbocycles. The molecule has 0 unspecified atom stereocenters. The van der Waals surface area contributed by atoms with Crippen molar-refractivity contribution < 1.29 is 14.3 Å². The molecule has 0 atom stereocenters. The van der Waals surface area contributed by atoms with Gasteiger partial charge in [0.15, 0.2) is 0 Å². The van der Waals surface area contributed by atoms with Crippen LogP contribution in [0.5, 0.6) is 11.6 Å². The number of nitrogens with zero attached hydrogens (tertiary/aromatic N) is 1. The van der Waals surface area contributed by atoms with Gasteiger partial charge in [0, 0.05) is 11.1 Å². The van der Waals surface area contributed by atoms with Crippen molar-refractivity contribution in [3.63, 3.8) is 0 Å². The van der Waals surface area contributed by atoms with E-state index in [0.29, 0.717) is 10.8 Å². The van der Waals surface area contributed by atoms with Gasteiger partial charge in [-0.2, -0.15) is 0 Å². The fourth-order valence-electron chi connectivity index (χ4n) is 1.59. The fourth-order valence-corrected chi connectivity index (χ4v) is 1.71. The Morgan fingerprint density at radius 2 is 2.10 bits per heavy atom. The van der Waals surface area contributed by atoms with E-state index >= 15 is 0 Å². The van der Waals surface area contributed by atoms with Crippen LogP contribution >= 0.6 is 11.6 Å². The Morgan fingerprint density at radius 1 is 1.35 bits per heavy atom. The number of esters is 1. The first kappa shape index (κ1) is 14.1. The predicted octanol–water partition coefficient (Wildman–Crippen LogP) is 3.20. The number of rotatable bonds is 3. The number of hydrogen-bond acceptors (Lipinski definition) is 5.